The first-order valence-corrected chi connectivity index (χ1v) is 11.2. The van der Waals surface area contributed by atoms with Gasteiger partial charge >= 0.3 is 12.1 Å². The number of ether oxygens (including phenoxy) is 2. The molecule has 3 aromatic rings. The molecule has 2 aliphatic rings. The van der Waals surface area contributed by atoms with Gasteiger partial charge in [0.25, 0.3) is 0 Å². The molecule has 1 atom stereocenters. The highest BCUT2D eigenvalue weighted by Crippen LogP contribution is 2.44. The van der Waals surface area contributed by atoms with E-state index in [4.69, 9.17) is 9.47 Å². The van der Waals surface area contributed by atoms with E-state index in [1.807, 2.05) is 60.7 Å². The quantitative estimate of drug-likeness (QED) is 0.524. The topological polar surface area (TPSA) is 84.9 Å². The summed E-state index contributed by atoms with van der Waals surface area (Å²) in [5.41, 5.74) is 5.26. The number of fused-ring (bicyclic) bond motifs is 3. The van der Waals surface area contributed by atoms with Crippen LogP contribution in [0, 0.1) is 0 Å². The number of carboxylic acid groups (broad SMARTS) is 1. The molecule has 0 unspecified atom stereocenters. The van der Waals surface area contributed by atoms with Gasteiger partial charge in [0.05, 0.1) is 6.10 Å². The minimum absolute atomic E-state index is 0.0808. The van der Waals surface area contributed by atoms with Gasteiger partial charge in [0.1, 0.15) is 18.4 Å². The lowest BCUT2D eigenvalue weighted by atomic mass is 9.98. The van der Waals surface area contributed by atoms with Gasteiger partial charge in [-0.1, -0.05) is 60.7 Å². The van der Waals surface area contributed by atoms with Crippen LogP contribution in [0.5, 0.6) is 5.75 Å². The van der Waals surface area contributed by atoms with Gasteiger partial charge in [0, 0.05) is 12.3 Å². The summed E-state index contributed by atoms with van der Waals surface area (Å²) >= 11 is 0. The van der Waals surface area contributed by atoms with Crippen molar-refractivity contribution in [3.05, 3.63) is 89.5 Å². The molecule has 0 saturated heterocycles. The smallest absolute Gasteiger partial charge is 0.407 e. The summed E-state index contributed by atoms with van der Waals surface area (Å²) in [6.45, 7) is 0.136. The molecule has 1 fully saturated rings. The third-order valence-corrected chi connectivity index (χ3v) is 6.10. The molecule has 6 heteroatoms. The summed E-state index contributed by atoms with van der Waals surface area (Å²) in [5, 5.41) is 12.2. The Balaban J connectivity index is 1.23. The van der Waals surface area contributed by atoms with E-state index < -0.39 is 18.1 Å². The van der Waals surface area contributed by atoms with E-state index in [0.717, 1.165) is 46.4 Å². The van der Waals surface area contributed by atoms with Crippen LogP contribution in [0.3, 0.4) is 0 Å². The van der Waals surface area contributed by atoms with Gasteiger partial charge in [-0.3, -0.25) is 0 Å². The van der Waals surface area contributed by atoms with Gasteiger partial charge in [-0.05, 0) is 52.8 Å². The highest BCUT2D eigenvalue weighted by atomic mass is 16.5. The summed E-state index contributed by atoms with van der Waals surface area (Å²) in [6, 6.07) is 22.4. The molecule has 0 heterocycles. The molecule has 0 aromatic heterocycles. The first-order valence-electron chi connectivity index (χ1n) is 11.2. The minimum Gasteiger partial charge on any atom is -0.490 e. The summed E-state index contributed by atoms with van der Waals surface area (Å²) in [7, 11) is 0. The largest absolute Gasteiger partial charge is 0.490 e. The van der Waals surface area contributed by atoms with Gasteiger partial charge in [0.2, 0.25) is 0 Å². The zero-order valence-corrected chi connectivity index (χ0v) is 18.1. The molecular weight excluding hydrogens is 418 g/mol. The van der Waals surface area contributed by atoms with E-state index in [0.29, 0.717) is 0 Å². The number of carboxylic acids is 1. The summed E-state index contributed by atoms with van der Waals surface area (Å²) in [6.07, 6.45) is 1.75. The molecule has 2 aliphatic carbocycles. The number of carbonyl (C=O) groups excluding carboxylic acids is 1. The van der Waals surface area contributed by atoms with Crippen molar-refractivity contribution in [2.45, 2.75) is 37.3 Å². The molecule has 0 aliphatic heterocycles. The van der Waals surface area contributed by atoms with Crippen molar-refractivity contribution >= 4 is 12.1 Å². The maximum atomic E-state index is 12.5. The Kier molecular flexibility index (Phi) is 5.73. The molecule has 6 nitrogen and oxygen atoms in total. The molecule has 168 valence electrons. The Hall–Kier alpha value is -3.80. The second-order valence-corrected chi connectivity index (χ2v) is 8.53. The van der Waals surface area contributed by atoms with Crippen LogP contribution < -0.4 is 10.1 Å². The predicted molar refractivity (Wildman–Crippen MR) is 123 cm³/mol. The highest BCUT2D eigenvalue weighted by Gasteiger charge is 2.30. The summed E-state index contributed by atoms with van der Waals surface area (Å²) in [4.78, 5) is 24.3. The number of hydrogen-bond donors (Lipinski definition) is 2. The number of rotatable bonds is 8. The highest BCUT2D eigenvalue weighted by molar-refractivity contribution is 5.81. The maximum absolute atomic E-state index is 12.5. The molecule has 33 heavy (non-hydrogen) atoms. The number of carbonyl (C=O) groups is 2. The van der Waals surface area contributed by atoms with E-state index in [9.17, 15) is 14.7 Å². The van der Waals surface area contributed by atoms with Gasteiger partial charge in [-0.2, -0.15) is 0 Å². The monoisotopic (exact) mass is 443 g/mol. The van der Waals surface area contributed by atoms with Gasteiger partial charge in [-0.25, -0.2) is 9.59 Å². The lowest BCUT2D eigenvalue weighted by molar-refractivity contribution is -0.139. The Bertz CT molecular complexity index is 1140. The fourth-order valence-electron chi connectivity index (χ4n) is 4.34. The average Bonchev–Trinajstić information content (AvgIpc) is 3.57. The molecule has 5 rings (SSSR count). The van der Waals surface area contributed by atoms with Crippen LogP contribution in [0.25, 0.3) is 11.1 Å². The Morgan fingerprint density at radius 2 is 1.61 bits per heavy atom. The van der Waals surface area contributed by atoms with Crippen LogP contribution in [-0.4, -0.2) is 35.9 Å². The Morgan fingerprint density at radius 3 is 2.24 bits per heavy atom. The average molecular weight is 443 g/mol. The van der Waals surface area contributed by atoms with Crippen LogP contribution in [0.2, 0.25) is 0 Å². The van der Waals surface area contributed by atoms with Crippen molar-refractivity contribution in [3.63, 3.8) is 0 Å². The summed E-state index contributed by atoms with van der Waals surface area (Å²) < 4.78 is 11.3. The normalized spacial score (nSPS) is 15.3. The van der Waals surface area contributed by atoms with Crippen molar-refractivity contribution < 1.29 is 24.2 Å². The summed E-state index contributed by atoms with van der Waals surface area (Å²) in [5.74, 6) is -0.472. The number of aliphatic carboxylic acids is 1. The lowest BCUT2D eigenvalue weighted by Crippen LogP contribution is -2.42. The number of amides is 1. The second-order valence-electron chi connectivity index (χ2n) is 8.53. The van der Waals surface area contributed by atoms with Crippen LogP contribution >= 0.6 is 0 Å². The second kappa shape index (κ2) is 8.98. The van der Waals surface area contributed by atoms with Crippen LogP contribution in [0.4, 0.5) is 4.79 Å². The van der Waals surface area contributed by atoms with E-state index >= 15 is 0 Å². The van der Waals surface area contributed by atoms with Crippen molar-refractivity contribution in [3.8, 4) is 16.9 Å². The molecule has 2 N–H and O–H groups in total. The standard InChI is InChI=1S/C27H25NO5/c29-26(30)25(15-17-6-5-7-19(14-17)33-18-12-13-18)28-27(31)32-16-24-22-10-3-1-8-20(22)21-9-2-4-11-23(21)24/h1-11,14,18,24-25H,12-13,15-16H2,(H,28,31)(H,29,30)/t25-/m0/s1. The molecule has 1 saturated carbocycles. The predicted octanol–water partition coefficient (Wildman–Crippen LogP) is 4.76. The first-order chi connectivity index (χ1) is 16.1. The SMILES string of the molecule is O=C(N[C@@H](Cc1cccc(OC2CC2)c1)C(=O)O)OCC1c2ccccc2-c2ccccc21. The molecule has 0 radical (unpaired) electrons. The van der Waals surface area contributed by atoms with E-state index in [1.54, 1.807) is 0 Å². The first kappa shape index (κ1) is 21.1. The molecular formula is C27H25NO5. The van der Waals surface area contributed by atoms with Gasteiger partial charge in [0.15, 0.2) is 0 Å². The van der Waals surface area contributed by atoms with Crippen molar-refractivity contribution in [2.24, 2.45) is 0 Å². The van der Waals surface area contributed by atoms with Gasteiger partial charge < -0.3 is 19.9 Å². The van der Waals surface area contributed by atoms with Crippen LogP contribution in [0.1, 0.15) is 35.4 Å². The lowest BCUT2D eigenvalue weighted by Gasteiger charge is -2.18. The zero-order chi connectivity index (χ0) is 22.8. The number of benzene rings is 3. The van der Waals surface area contributed by atoms with E-state index in [2.05, 4.69) is 17.4 Å². The molecule has 0 bridgehead atoms. The molecule has 3 aromatic carbocycles. The van der Waals surface area contributed by atoms with E-state index in [1.165, 1.54) is 0 Å². The number of nitrogens with one attached hydrogen (secondary N) is 1. The fraction of sp³-hybridized carbons (Fsp3) is 0.259. The Labute approximate surface area is 192 Å². The van der Waals surface area contributed by atoms with Crippen LogP contribution in [-0.2, 0) is 16.0 Å². The maximum Gasteiger partial charge on any atom is 0.407 e. The van der Waals surface area contributed by atoms with Crippen molar-refractivity contribution in [1.82, 2.24) is 5.32 Å². The van der Waals surface area contributed by atoms with Crippen LogP contribution in [0.15, 0.2) is 72.8 Å². The van der Waals surface area contributed by atoms with Crippen molar-refractivity contribution in [2.75, 3.05) is 6.61 Å². The number of hydrogen-bond acceptors (Lipinski definition) is 4. The molecule has 1 amide bonds. The van der Waals surface area contributed by atoms with E-state index in [-0.39, 0.29) is 25.0 Å². The third kappa shape index (κ3) is 4.70. The van der Waals surface area contributed by atoms with Crippen molar-refractivity contribution in [1.29, 1.82) is 0 Å². The number of alkyl carbamates (subject to hydrolysis) is 1. The third-order valence-electron chi connectivity index (χ3n) is 6.10. The molecule has 0 spiro atoms. The Morgan fingerprint density at radius 1 is 0.939 bits per heavy atom. The minimum atomic E-state index is -1.11. The fourth-order valence-corrected chi connectivity index (χ4v) is 4.34. The van der Waals surface area contributed by atoms with Gasteiger partial charge in [-0.15, -0.1) is 0 Å². The zero-order valence-electron chi connectivity index (χ0n) is 18.1.